The number of nitrogens with zero attached hydrogens (tertiary/aromatic N) is 2. The fraction of sp³-hybridized carbons (Fsp3) is 0.222. The zero-order valence-electron chi connectivity index (χ0n) is 17.5. The Hall–Kier alpha value is -3.17. The van der Waals surface area contributed by atoms with E-state index in [1.165, 1.54) is 11.1 Å². The quantitative estimate of drug-likeness (QED) is 0.391. The fourth-order valence-electron chi connectivity index (χ4n) is 4.45. The minimum absolute atomic E-state index is 0.203. The third-order valence-electron chi connectivity index (χ3n) is 6.01. The maximum atomic E-state index is 5.97. The molecule has 152 valence electrons. The molecule has 1 heterocycles. The molecule has 30 heavy (non-hydrogen) atoms. The summed E-state index contributed by atoms with van der Waals surface area (Å²) in [4.78, 5) is 4.94. The molecule has 0 amide bonds. The molecule has 1 unspecified atom stereocenters. The van der Waals surface area contributed by atoms with E-state index in [1.807, 2.05) is 12.4 Å². The van der Waals surface area contributed by atoms with Crippen molar-refractivity contribution in [1.82, 2.24) is 9.55 Å². The van der Waals surface area contributed by atoms with Gasteiger partial charge in [-0.25, -0.2) is 4.98 Å². The molecule has 0 aliphatic heterocycles. The van der Waals surface area contributed by atoms with E-state index < -0.39 is 0 Å². The average Bonchev–Trinajstić information content (AvgIpc) is 3.27. The van der Waals surface area contributed by atoms with E-state index in [-0.39, 0.29) is 5.54 Å². The van der Waals surface area contributed by atoms with Gasteiger partial charge in [0.15, 0.2) is 0 Å². The van der Waals surface area contributed by atoms with Crippen LogP contribution >= 0.6 is 0 Å². The molecule has 0 saturated heterocycles. The second-order valence-electron chi connectivity index (χ2n) is 7.69. The van der Waals surface area contributed by atoms with Crippen molar-refractivity contribution in [2.45, 2.75) is 31.7 Å². The number of imidazole rings is 1. The molecular weight excluding hydrogens is 366 g/mol. The summed E-state index contributed by atoms with van der Waals surface area (Å²) in [6.07, 6.45) is 4.91. The molecule has 0 saturated carbocycles. The van der Waals surface area contributed by atoms with E-state index >= 15 is 0 Å². The first kappa shape index (κ1) is 20.1. The molecule has 0 bridgehead atoms. The lowest BCUT2D eigenvalue weighted by Crippen LogP contribution is -2.35. The van der Waals surface area contributed by atoms with Crippen LogP contribution in [0.15, 0.2) is 97.3 Å². The van der Waals surface area contributed by atoms with E-state index in [9.17, 15) is 0 Å². The zero-order chi connectivity index (χ0) is 20.8. The first-order chi connectivity index (χ1) is 14.8. The highest BCUT2D eigenvalue weighted by molar-refractivity contribution is 5.79. The summed E-state index contributed by atoms with van der Waals surface area (Å²) in [5.41, 5.74) is 11.5. The lowest BCUT2D eigenvalue weighted by molar-refractivity contribution is 0.311. The van der Waals surface area contributed by atoms with E-state index in [1.54, 1.807) is 0 Å². The van der Waals surface area contributed by atoms with Gasteiger partial charge in [0.1, 0.15) is 0 Å². The maximum absolute atomic E-state index is 5.97. The predicted molar refractivity (Wildman–Crippen MR) is 125 cm³/mol. The van der Waals surface area contributed by atoms with Crippen molar-refractivity contribution in [2.24, 2.45) is 5.73 Å². The summed E-state index contributed by atoms with van der Waals surface area (Å²) in [6, 6.07) is 31.8. The number of hydrogen-bond donors (Lipinski definition) is 1. The van der Waals surface area contributed by atoms with Crippen LogP contribution in [0.3, 0.4) is 0 Å². The molecular formula is C27H29N3. The number of rotatable bonds is 8. The standard InChI is InChI=1S/C27H29N3/c1-2-27(19-12-20-28,24-17-10-5-11-18-24)30-21-29-25(22-13-6-3-7-14-22)26(30)23-15-8-4-9-16-23/h3-11,13-18,21H,2,12,19-20,28H2,1H3. The van der Waals surface area contributed by atoms with Crippen LogP contribution in [0.2, 0.25) is 0 Å². The lowest BCUT2D eigenvalue weighted by Gasteiger charge is -2.37. The Kier molecular flexibility index (Phi) is 6.10. The average molecular weight is 396 g/mol. The Bertz CT molecular complexity index is 1060. The normalized spacial score (nSPS) is 13.1. The van der Waals surface area contributed by atoms with Crippen molar-refractivity contribution < 1.29 is 0 Å². The van der Waals surface area contributed by atoms with Crippen LogP contribution in [-0.4, -0.2) is 16.1 Å². The molecule has 0 aliphatic rings. The topological polar surface area (TPSA) is 43.8 Å². The second kappa shape index (κ2) is 9.10. The minimum atomic E-state index is -0.203. The monoisotopic (exact) mass is 395 g/mol. The molecule has 4 aromatic rings. The zero-order valence-corrected chi connectivity index (χ0v) is 17.5. The van der Waals surface area contributed by atoms with Gasteiger partial charge in [0.2, 0.25) is 0 Å². The van der Waals surface area contributed by atoms with E-state index in [2.05, 4.69) is 96.4 Å². The molecule has 1 atom stereocenters. The largest absolute Gasteiger partial charge is 0.330 e. The SMILES string of the molecule is CCC(CCCN)(c1ccccc1)n1cnc(-c2ccccc2)c1-c1ccccc1. The highest BCUT2D eigenvalue weighted by Gasteiger charge is 2.35. The minimum Gasteiger partial charge on any atom is -0.330 e. The van der Waals surface area contributed by atoms with Crippen LogP contribution in [0.5, 0.6) is 0 Å². The Morgan fingerprint density at radius 1 is 0.800 bits per heavy atom. The molecule has 0 spiro atoms. The first-order valence-corrected chi connectivity index (χ1v) is 10.7. The number of nitrogens with two attached hydrogens (primary N) is 1. The number of aromatic nitrogens is 2. The van der Waals surface area contributed by atoms with E-state index in [0.29, 0.717) is 6.54 Å². The molecule has 4 rings (SSSR count). The van der Waals surface area contributed by atoms with Gasteiger partial charge < -0.3 is 10.3 Å². The summed E-state index contributed by atoms with van der Waals surface area (Å²) in [6.45, 7) is 2.94. The highest BCUT2D eigenvalue weighted by Crippen LogP contribution is 2.41. The molecule has 2 N–H and O–H groups in total. The van der Waals surface area contributed by atoms with Gasteiger partial charge in [0, 0.05) is 11.1 Å². The van der Waals surface area contributed by atoms with Crippen LogP contribution in [0, 0.1) is 0 Å². The van der Waals surface area contributed by atoms with Crippen molar-refractivity contribution in [2.75, 3.05) is 6.54 Å². The van der Waals surface area contributed by atoms with Gasteiger partial charge in [0.25, 0.3) is 0 Å². The van der Waals surface area contributed by atoms with Crippen molar-refractivity contribution in [3.05, 3.63) is 103 Å². The van der Waals surface area contributed by atoms with Crippen molar-refractivity contribution in [3.8, 4) is 22.5 Å². The fourth-order valence-corrected chi connectivity index (χ4v) is 4.45. The summed E-state index contributed by atoms with van der Waals surface area (Å²) in [5.74, 6) is 0. The van der Waals surface area contributed by atoms with Crippen molar-refractivity contribution in [3.63, 3.8) is 0 Å². The van der Waals surface area contributed by atoms with Crippen LogP contribution in [0.25, 0.3) is 22.5 Å². The lowest BCUT2D eigenvalue weighted by atomic mass is 9.82. The van der Waals surface area contributed by atoms with Crippen LogP contribution in [-0.2, 0) is 5.54 Å². The van der Waals surface area contributed by atoms with Gasteiger partial charge in [-0.3, -0.25) is 0 Å². The van der Waals surface area contributed by atoms with Gasteiger partial charge in [-0.2, -0.15) is 0 Å². The van der Waals surface area contributed by atoms with E-state index in [4.69, 9.17) is 10.7 Å². The third kappa shape index (κ3) is 3.69. The second-order valence-corrected chi connectivity index (χ2v) is 7.69. The van der Waals surface area contributed by atoms with Crippen molar-refractivity contribution in [1.29, 1.82) is 0 Å². The number of benzene rings is 3. The van der Waals surface area contributed by atoms with Crippen LogP contribution < -0.4 is 5.73 Å². The molecule has 0 aliphatic carbocycles. The molecule has 3 heteroatoms. The van der Waals surface area contributed by atoms with E-state index in [0.717, 1.165) is 36.2 Å². The summed E-state index contributed by atoms with van der Waals surface area (Å²) in [7, 11) is 0. The first-order valence-electron chi connectivity index (χ1n) is 10.7. The highest BCUT2D eigenvalue weighted by atomic mass is 15.1. The smallest absolute Gasteiger partial charge is 0.0966 e. The third-order valence-corrected chi connectivity index (χ3v) is 6.01. The van der Waals surface area contributed by atoms with Gasteiger partial charge in [-0.05, 0) is 31.4 Å². The van der Waals surface area contributed by atoms with Gasteiger partial charge in [0.05, 0.1) is 23.3 Å². The summed E-state index contributed by atoms with van der Waals surface area (Å²) < 4.78 is 2.40. The Morgan fingerprint density at radius 3 is 1.93 bits per heavy atom. The van der Waals surface area contributed by atoms with Gasteiger partial charge in [-0.1, -0.05) is 97.9 Å². The van der Waals surface area contributed by atoms with Gasteiger partial charge in [-0.15, -0.1) is 0 Å². The van der Waals surface area contributed by atoms with Crippen LogP contribution in [0.4, 0.5) is 0 Å². The summed E-state index contributed by atoms with van der Waals surface area (Å²) >= 11 is 0. The molecule has 0 radical (unpaired) electrons. The van der Waals surface area contributed by atoms with Crippen LogP contribution in [0.1, 0.15) is 31.7 Å². The molecule has 1 aromatic heterocycles. The maximum Gasteiger partial charge on any atom is 0.0966 e. The molecule has 0 fully saturated rings. The molecule has 3 aromatic carbocycles. The predicted octanol–water partition coefficient (Wildman–Crippen LogP) is 6.11. The Morgan fingerprint density at radius 2 is 1.37 bits per heavy atom. The molecule has 3 nitrogen and oxygen atoms in total. The Labute approximate surface area is 179 Å². The van der Waals surface area contributed by atoms with Crippen molar-refractivity contribution >= 4 is 0 Å². The Balaban J connectivity index is 1.99. The summed E-state index contributed by atoms with van der Waals surface area (Å²) in [5, 5.41) is 0. The number of hydrogen-bond acceptors (Lipinski definition) is 2. The van der Waals surface area contributed by atoms with Gasteiger partial charge >= 0.3 is 0 Å².